The summed E-state index contributed by atoms with van der Waals surface area (Å²) in [5.41, 5.74) is 0. The quantitative estimate of drug-likeness (QED) is 0.0731. The molecule has 1 heterocycles. The SMILES string of the molecule is CC(C)[C@@H](CCCCCCCCCCCCC(=O)NCC(=O)O)O[C@@H]1O[C@H](COC(=O)CCC(=O)O)[C@@H](O)[C@H](O)[C@H]1O. The van der Waals surface area contributed by atoms with Crippen LogP contribution in [0.3, 0.4) is 0 Å². The molecule has 0 spiro atoms. The number of esters is 1. The Bertz CT molecular complexity index is 807. The summed E-state index contributed by atoms with van der Waals surface area (Å²) in [4.78, 5) is 44.2. The number of aliphatic hydroxyl groups excluding tert-OH is 3. The average molecular weight is 606 g/mol. The van der Waals surface area contributed by atoms with E-state index in [-0.39, 0.29) is 30.9 Å². The van der Waals surface area contributed by atoms with Crippen molar-refractivity contribution in [3.8, 4) is 0 Å². The van der Waals surface area contributed by atoms with Crippen LogP contribution in [0.4, 0.5) is 0 Å². The van der Waals surface area contributed by atoms with E-state index in [9.17, 15) is 34.5 Å². The second kappa shape index (κ2) is 21.4. The van der Waals surface area contributed by atoms with Gasteiger partial charge in [0.15, 0.2) is 6.29 Å². The lowest BCUT2D eigenvalue weighted by Gasteiger charge is -2.41. The standard InChI is InChI=1S/C29H51NO12/c1-19(2)20(13-11-9-7-5-3-4-6-8-10-12-14-22(31)30-17-24(34)35)41-29-28(39)27(38)26(37)21(42-29)18-40-25(36)16-15-23(32)33/h19-21,26-29,37-39H,3-18H2,1-2H3,(H,30,31)(H,32,33)(H,34,35)/t20-,21-,26-,27+,28-,29-/m1/s1. The van der Waals surface area contributed by atoms with Crippen molar-refractivity contribution >= 4 is 23.8 Å². The summed E-state index contributed by atoms with van der Waals surface area (Å²) in [7, 11) is 0. The topological polar surface area (TPSA) is 209 Å². The maximum atomic E-state index is 11.7. The van der Waals surface area contributed by atoms with Crippen LogP contribution in [0.15, 0.2) is 0 Å². The molecule has 1 fully saturated rings. The number of carboxylic acids is 2. The predicted molar refractivity (Wildman–Crippen MR) is 150 cm³/mol. The molecule has 244 valence electrons. The third-order valence-corrected chi connectivity index (χ3v) is 7.25. The molecule has 0 aliphatic carbocycles. The van der Waals surface area contributed by atoms with Crippen molar-refractivity contribution in [2.75, 3.05) is 13.2 Å². The molecule has 0 aromatic heterocycles. The number of ether oxygens (including phenoxy) is 3. The second-order valence-electron chi connectivity index (χ2n) is 11.3. The number of carbonyl (C=O) groups excluding carboxylic acids is 2. The van der Waals surface area contributed by atoms with Gasteiger partial charge in [-0.1, -0.05) is 71.6 Å². The van der Waals surface area contributed by atoms with Gasteiger partial charge >= 0.3 is 17.9 Å². The summed E-state index contributed by atoms with van der Waals surface area (Å²) in [5, 5.41) is 50.6. The van der Waals surface area contributed by atoms with Crippen LogP contribution in [0.25, 0.3) is 0 Å². The molecule has 6 N–H and O–H groups in total. The highest BCUT2D eigenvalue weighted by Gasteiger charge is 2.45. The van der Waals surface area contributed by atoms with Gasteiger partial charge in [-0.05, 0) is 18.8 Å². The van der Waals surface area contributed by atoms with Gasteiger partial charge in [-0.2, -0.15) is 0 Å². The highest BCUT2D eigenvalue weighted by molar-refractivity contribution is 5.81. The molecule has 1 amide bonds. The van der Waals surface area contributed by atoms with Gasteiger partial charge in [-0.3, -0.25) is 19.2 Å². The number of aliphatic hydroxyl groups is 3. The zero-order valence-corrected chi connectivity index (χ0v) is 24.9. The Kier molecular flexibility index (Phi) is 19.2. The Labute approximate surface area is 247 Å². The van der Waals surface area contributed by atoms with Gasteiger partial charge in [0, 0.05) is 6.42 Å². The molecule has 0 aromatic carbocycles. The lowest BCUT2D eigenvalue weighted by molar-refractivity contribution is -0.315. The Morgan fingerprint density at radius 2 is 1.31 bits per heavy atom. The summed E-state index contributed by atoms with van der Waals surface area (Å²) in [6, 6.07) is 0. The highest BCUT2D eigenvalue weighted by Crippen LogP contribution is 2.27. The fraction of sp³-hybridized carbons (Fsp3) is 0.862. The molecular weight excluding hydrogens is 554 g/mol. The molecule has 0 aromatic rings. The monoisotopic (exact) mass is 605 g/mol. The van der Waals surface area contributed by atoms with E-state index >= 15 is 0 Å². The Hall–Kier alpha value is -2.32. The normalized spacial score (nSPS) is 23.0. The Morgan fingerprint density at radius 3 is 1.86 bits per heavy atom. The molecule has 13 heteroatoms. The summed E-state index contributed by atoms with van der Waals surface area (Å²) >= 11 is 0. The molecule has 6 atom stereocenters. The Morgan fingerprint density at radius 1 is 0.738 bits per heavy atom. The van der Waals surface area contributed by atoms with E-state index in [0.29, 0.717) is 6.42 Å². The van der Waals surface area contributed by atoms with E-state index in [1.807, 2.05) is 13.8 Å². The van der Waals surface area contributed by atoms with E-state index in [2.05, 4.69) is 5.32 Å². The van der Waals surface area contributed by atoms with Gasteiger partial charge in [0.25, 0.3) is 0 Å². The van der Waals surface area contributed by atoms with Gasteiger partial charge in [-0.15, -0.1) is 0 Å². The first-order valence-corrected chi connectivity index (χ1v) is 15.1. The number of aliphatic carboxylic acids is 2. The van der Waals surface area contributed by atoms with E-state index in [4.69, 9.17) is 24.4 Å². The number of unbranched alkanes of at least 4 members (excludes halogenated alkanes) is 9. The van der Waals surface area contributed by atoms with Gasteiger partial charge in [0.1, 0.15) is 37.6 Å². The van der Waals surface area contributed by atoms with Crippen LogP contribution in [-0.4, -0.2) is 99.3 Å². The van der Waals surface area contributed by atoms with E-state index in [1.54, 1.807) is 0 Å². The molecule has 1 aliphatic heterocycles. The summed E-state index contributed by atoms with van der Waals surface area (Å²) < 4.78 is 16.7. The second-order valence-corrected chi connectivity index (χ2v) is 11.3. The molecule has 42 heavy (non-hydrogen) atoms. The first-order chi connectivity index (χ1) is 19.9. The fourth-order valence-electron chi connectivity index (χ4n) is 4.66. The molecule has 1 rings (SSSR count). The molecule has 0 saturated carbocycles. The molecule has 1 aliphatic rings. The zero-order valence-electron chi connectivity index (χ0n) is 24.9. The fourth-order valence-corrected chi connectivity index (χ4v) is 4.66. The minimum Gasteiger partial charge on any atom is -0.481 e. The first kappa shape index (κ1) is 37.7. The molecular formula is C29H51NO12. The van der Waals surface area contributed by atoms with Crippen LogP contribution in [-0.2, 0) is 33.4 Å². The average Bonchev–Trinajstić information content (AvgIpc) is 2.93. The van der Waals surface area contributed by atoms with Crippen LogP contribution < -0.4 is 5.32 Å². The molecule has 1 saturated heterocycles. The minimum absolute atomic E-state index is 0.0975. The molecule has 13 nitrogen and oxygen atoms in total. The summed E-state index contributed by atoms with van der Waals surface area (Å²) in [6.45, 7) is 3.21. The van der Waals surface area contributed by atoms with Crippen molar-refractivity contribution < 1.29 is 58.9 Å². The number of amides is 1. The van der Waals surface area contributed by atoms with Crippen molar-refractivity contribution in [3.05, 3.63) is 0 Å². The van der Waals surface area contributed by atoms with Crippen molar-refractivity contribution in [2.24, 2.45) is 5.92 Å². The van der Waals surface area contributed by atoms with Crippen LogP contribution >= 0.6 is 0 Å². The van der Waals surface area contributed by atoms with Crippen molar-refractivity contribution in [1.82, 2.24) is 5.32 Å². The number of hydrogen-bond donors (Lipinski definition) is 6. The number of hydrogen-bond acceptors (Lipinski definition) is 10. The minimum atomic E-state index is -1.57. The van der Waals surface area contributed by atoms with E-state index < -0.39 is 61.6 Å². The van der Waals surface area contributed by atoms with Gasteiger partial charge in [-0.25, -0.2) is 0 Å². The molecule has 0 bridgehead atoms. The third-order valence-electron chi connectivity index (χ3n) is 7.25. The summed E-state index contributed by atoms with van der Waals surface area (Å²) in [6.07, 6.45) is 3.40. The first-order valence-electron chi connectivity index (χ1n) is 15.1. The van der Waals surface area contributed by atoms with Crippen LogP contribution in [0.2, 0.25) is 0 Å². The van der Waals surface area contributed by atoms with Gasteiger partial charge in [0.2, 0.25) is 5.91 Å². The van der Waals surface area contributed by atoms with Crippen molar-refractivity contribution in [3.63, 3.8) is 0 Å². The number of nitrogens with one attached hydrogen (secondary N) is 1. The van der Waals surface area contributed by atoms with Crippen LogP contribution in [0.5, 0.6) is 0 Å². The zero-order chi connectivity index (χ0) is 31.5. The lowest BCUT2D eigenvalue weighted by atomic mass is 9.97. The number of carbonyl (C=O) groups is 4. The predicted octanol–water partition coefficient (Wildman–Crippen LogP) is 2.13. The summed E-state index contributed by atoms with van der Waals surface area (Å²) in [5.74, 6) is -3.08. The van der Waals surface area contributed by atoms with Gasteiger partial charge in [0.05, 0.1) is 18.9 Å². The van der Waals surface area contributed by atoms with E-state index in [0.717, 1.165) is 70.6 Å². The van der Waals surface area contributed by atoms with Crippen LogP contribution in [0, 0.1) is 5.92 Å². The molecule has 0 radical (unpaired) electrons. The maximum absolute atomic E-state index is 11.7. The van der Waals surface area contributed by atoms with Gasteiger partial charge < -0.3 is 45.1 Å². The van der Waals surface area contributed by atoms with Crippen LogP contribution in [0.1, 0.15) is 104 Å². The number of rotatable bonds is 23. The lowest BCUT2D eigenvalue weighted by Crippen LogP contribution is -2.60. The van der Waals surface area contributed by atoms with Crippen molar-refractivity contribution in [2.45, 2.75) is 141 Å². The Balaban J connectivity index is 2.26. The molecule has 0 unspecified atom stereocenters. The largest absolute Gasteiger partial charge is 0.481 e. The maximum Gasteiger partial charge on any atom is 0.322 e. The van der Waals surface area contributed by atoms with Crippen molar-refractivity contribution in [1.29, 1.82) is 0 Å². The van der Waals surface area contributed by atoms with E-state index in [1.165, 1.54) is 0 Å². The smallest absolute Gasteiger partial charge is 0.322 e. The highest BCUT2D eigenvalue weighted by atomic mass is 16.7. The third kappa shape index (κ3) is 16.4. The number of carboxylic acid groups (broad SMARTS) is 2.